The summed E-state index contributed by atoms with van der Waals surface area (Å²) < 4.78 is 37.2. The van der Waals surface area contributed by atoms with Crippen LogP contribution in [0.15, 0.2) is 47.1 Å². The summed E-state index contributed by atoms with van der Waals surface area (Å²) in [6.45, 7) is 2.24. The molecule has 1 saturated heterocycles. The summed E-state index contributed by atoms with van der Waals surface area (Å²) in [5, 5.41) is 16.5. The van der Waals surface area contributed by atoms with Crippen LogP contribution >= 0.6 is 0 Å². The maximum atomic E-state index is 10.6. The highest BCUT2D eigenvalue weighted by Gasteiger charge is 2.38. The molecule has 5 nitrogen and oxygen atoms in total. The van der Waals surface area contributed by atoms with Crippen LogP contribution in [0.5, 0.6) is 0 Å². The molecule has 142 valence electrons. The number of aliphatic hydroxyl groups is 1. The normalized spacial score (nSPS) is 17.6. The second-order valence-electron chi connectivity index (χ2n) is 5.93. The van der Waals surface area contributed by atoms with E-state index in [1.54, 1.807) is 6.26 Å². The number of carboxylic acids is 1. The molecule has 2 aromatic rings. The van der Waals surface area contributed by atoms with Gasteiger partial charge < -0.3 is 14.6 Å². The Morgan fingerprint density at radius 3 is 2.58 bits per heavy atom. The molecule has 0 unspecified atom stereocenters. The van der Waals surface area contributed by atoms with Gasteiger partial charge in [0.2, 0.25) is 0 Å². The average Bonchev–Trinajstić information content (AvgIpc) is 3.26. The minimum Gasteiger partial charge on any atom is -0.475 e. The van der Waals surface area contributed by atoms with Gasteiger partial charge in [0.05, 0.1) is 12.9 Å². The molecule has 8 heteroatoms. The Bertz CT molecular complexity index is 701. The standard InChI is InChI=1S/C16H19NO2.C2HF3O2/c18-12-15-6-2-8-17(15)11-13-4-1-5-14(10-13)16-7-3-9-19-16;3-2(4,5)1(6)7/h1,3-5,7,9-10,15,18H,2,6,8,11-12H2;(H,6,7)/t15-;/m0./s1. The molecule has 2 N–H and O–H groups in total. The summed E-state index contributed by atoms with van der Waals surface area (Å²) in [5.41, 5.74) is 2.39. The van der Waals surface area contributed by atoms with Gasteiger partial charge in [0.1, 0.15) is 5.76 Å². The molecule has 0 radical (unpaired) electrons. The van der Waals surface area contributed by atoms with Crippen LogP contribution in [0.25, 0.3) is 11.3 Å². The molecule has 0 spiro atoms. The predicted octanol–water partition coefficient (Wildman–Crippen LogP) is 3.54. The van der Waals surface area contributed by atoms with Crippen molar-refractivity contribution in [2.75, 3.05) is 13.2 Å². The van der Waals surface area contributed by atoms with Gasteiger partial charge in [-0.25, -0.2) is 4.79 Å². The van der Waals surface area contributed by atoms with Crippen molar-refractivity contribution in [2.24, 2.45) is 0 Å². The largest absolute Gasteiger partial charge is 0.490 e. The molecule has 1 atom stereocenters. The lowest BCUT2D eigenvalue weighted by Gasteiger charge is -2.22. The molecule has 0 saturated carbocycles. The van der Waals surface area contributed by atoms with Crippen molar-refractivity contribution in [3.63, 3.8) is 0 Å². The first-order chi connectivity index (χ1) is 12.3. The number of nitrogens with zero attached hydrogens (tertiary/aromatic N) is 1. The number of aliphatic hydroxyl groups excluding tert-OH is 1. The highest BCUT2D eigenvalue weighted by atomic mass is 19.4. The van der Waals surface area contributed by atoms with Crippen molar-refractivity contribution >= 4 is 5.97 Å². The zero-order valence-corrected chi connectivity index (χ0v) is 13.9. The third kappa shape index (κ3) is 5.60. The van der Waals surface area contributed by atoms with Gasteiger partial charge in [0, 0.05) is 18.2 Å². The first kappa shape index (κ1) is 20.0. The van der Waals surface area contributed by atoms with E-state index >= 15 is 0 Å². The number of carbonyl (C=O) groups is 1. The Hall–Kier alpha value is -2.32. The summed E-state index contributed by atoms with van der Waals surface area (Å²) >= 11 is 0. The first-order valence-corrected chi connectivity index (χ1v) is 8.09. The number of rotatable bonds is 4. The molecule has 0 bridgehead atoms. The Labute approximate surface area is 148 Å². The Morgan fingerprint density at radius 1 is 1.27 bits per heavy atom. The van der Waals surface area contributed by atoms with E-state index in [-0.39, 0.29) is 6.61 Å². The topological polar surface area (TPSA) is 73.9 Å². The summed E-state index contributed by atoms with van der Waals surface area (Å²) in [6.07, 6.45) is -1.10. The number of alkyl halides is 3. The maximum Gasteiger partial charge on any atom is 0.490 e. The van der Waals surface area contributed by atoms with Crippen LogP contribution in [0.1, 0.15) is 18.4 Å². The minimum absolute atomic E-state index is 0.262. The van der Waals surface area contributed by atoms with Gasteiger partial charge in [0.15, 0.2) is 0 Å². The van der Waals surface area contributed by atoms with E-state index in [4.69, 9.17) is 14.3 Å². The Morgan fingerprint density at radius 2 is 2.00 bits per heavy atom. The molecule has 3 rings (SSSR count). The molecular formula is C18H20F3NO4. The van der Waals surface area contributed by atoms with Gasteiger partial charge >= 0.3 is 12.1 Å². The van der Waals surface area contributed by atoms with E-state index in [0.29, 0.717) is 6.04 Å². The summed E-state index contributed by atoms with van der Waals surface area (Å²) in [6, 6.07) is 12.7. The molecule has 0 amide bonds. The van der Waals surface area contributed by atoms with E-state index in [1.807, 2.05) is 12.1 Å². The van der Waals surface area contributed by atoms with Crippen LogP contribution < -0.4 is 0 Å². The fraction of sp³-hybridized carbons (Fsp3) is 0.389. The predicted molar refractivity (Wildman–Crippen MR) is 88.4 cm³/mol. The second-order valence-corrected chi connectivity index (χ2v) is 5.93. The third-order valence-corrected chi connectivity index (χ3v) is 4.07. The molecule has 1 aliphatic rings. The average molecular weight is 371 g/mol. The highest BCUT2D eigenvalue weighted by molar-refractivity contribution is 5.73. The number of furan rings is 1. The van der Waals surface area contributed by atoms with Gasteiger partial charge in [-0.1, -0.05) is 18.2 Å². The maximum absolute atomic E-state index is 10.6. The van der Waals surface area contributed by atoms with E-state index in [1.165, 1.54) is 12.0 Å². The second kappa shape index (κ2) is 8.86. The molecule has 2 heterocycles. The van der Waals surface area contributed by atoms with Crippen molar-refractivity contribution in [3.05, 3.63) is 48.2 Å². The van der Waals surface area contributed by atoms with Crippen molar-refractivity contribution in [1.82, 2.24) is 4.90 Å². The Balaban J connectivity index is 0.000000298. The van der Waals surface area contributed by atoms with E-state index < -0.39 is 12.1 Å². The zero-order valence-electron chi connectivity index (χ0n) is 13.9. The number of hydrogen-bond donors (Lipinski definition) is 2. The number of hydrogen-bond acceptors (Lipinski definition) is 4. The van der Waals surface area contributed by atoms with Crippen LogP contribution in [-0.4, -0.2) is 46.5 Å². The summed E-state index contributed by atoms with van der Waals surface area (Å²) in [4.78, 5) is 11.3. The third-order valence-electron chi connectivity index (χ3n) is 4.07. The lowest BCUT2D eigenvalue weighted by molar-refractivity contribution is -0.192. The fourth-order valence-electron chi connectivity index (χ4n) is 2.81. The van der Waals surface area contributed by atoms with Crippen LogP contribution in [-0.2, 0) is 11.3 Å². The summed E-state index contributed by atoms with van der Waals surface area (Å²) in [7, 11) is 0. The van der Waals surface area contributed by atoms with Gasteiger partial charge in [-0.15, -0.1) is 0 Å². The van der Waals surface area contributed by atoms with Gasteiger partial charge in [0.25, 0.3) is 0 Å². The number of aliphatic carboxylic acids is 1. The smallest absolute Gasteiger partial charge is 0.475 e. The lowest BCUT2D eigenvalue weighted by atomic mass is 10.1. The molecule has 0 aliphatic carbocycles. The molecular weight excluding hydrogens is 351 g/mol. The fourth-order valence-corrected chi connectivity index (χ4v) is 2.81. The van der Waals surface area contributed by atoms with Crippen molar-refractivity contribution in [1.29, 1.82) is 0 Å². The van der Waals surface area contributed by atoms with Gasteiger partial charge in [-0.2, -0.15) is 13.2 Å². The van der Waals surface area contributed by atoms with Crippen molar-refractivity contribution in [2.45, 2.75) is 31.6 Å². The number of carboxylic acid groups (broad SMARTS) is 1. The van der Waals surface area contributed by atoms with Crippen LogP contribution in [0.2, 0.25) is 0 Å². The number of likely N-dealkylation sites (tertiary alicyclic amines) is 1. The number of benzene rings is 1. The van der Waals surface area contributed by atoms with Crippen LogP contribution in [0.3, 0.4) is 0 Å². The number of halogens is 3. The van der Waals surface area contributed by atoms with Gasteiger partial charge in [-0.05, 0) is 43.1 Å². The quantitative estimate of drug-likeness (QED) is 0.860. The molecule has 1 aliphatic heterocycles. The van der Waals surface area contributed by atoms with E-state index in [0.717, 1.165) is 30.8 Å². The zero-order chi connectivity index (χ0) is 19.2. The molecule has 1 aromatic heterocycles. The van der Waals surface area contributed by atoms with Gasteiger partial charge in [-0.3, -0.25) is 4.90 Å². The van der Waals surface area contributed by atoms with Crippen LogP contribution in [0.4, 0.5) is 13.2 Å². The monoisotopic (exact) mass is 371 g/mol. The van der Waals surface area contributed by atoms with Crippen LogP contribution in [0, 0.1) is 0 Å². The highest BCUT2D eigenvalue weighted by Crippen LogP contribution is 2.24. The molecule has 26 heavy (non-hydrogen) atoms. The molecule has 1 aromatic carbocycles. The minimum atomic E-state index is -5.08. The Kier molecular flexibility index (Phi) is 6.82. The SMILES string of the molecule is O=C(O)C(F)(F)F.OC[C@@H]1CCCN1Cc1cccc(-c2ccco2)c1. The lowest BCUT2D eigenvalue weighted by Crippen LogP contribution is -2.31. The van der Waals surface area contributed by atoms with Crippen molar-refractivity contribution < 1.29 is 32.6 Å². The molecule has 1 fully saturated rings. The van der Waals surface area contributed by atoms with E-state index in [9.17, 15) is 18.3 Å². The van der Waals surface area contributed by atoms with Crippen molar-refractivity contribution in [3.8, 4) is 11.3 Å². The summed E-state index contributed by atoms with van der Waals surface area (Å²) in [5.74, 6) is -1.85. The first-order valence-electron chi connectivity index (χ1n) is 8.09. The van der Waals surface area contributed by atoms with E-state index in [2.05, 4.69) is 29.2 Å².